The van der Waals surface area contributed by atoms with Crippen LogP contribution in [-0.2, 0) is 28.8 Å². The van der Waals surface area contributed by atoms with Gasteiger partial charge in [0, 0.05) is 12.8 Å². The molecular formula is C28H36FN2O4+. The highest BCUT2D eigenvalue weighted by Gasteiger charge is 2.26. The summed E-state index contributed by atoms with van der Waals surface area (Å²) in [4.78, 5) is 11.6. The molecule has 1 aliphatic carbocycles. The van der Waals surface area contributed by atoms with E-state index in [9.17, 15) is 19.6 Å². The molecule has 0 bridgehead atoms. The predicted octanol–water partition coefficient (Wildman–Crippen LogP) is 3.81. The molecule has 0 heterocycles. The average molecular weight is 484 g/mol. The van der Waals surface area contributed by atoms with Gasteiger partial charge >= 0.3 is 5.97 Å². The lowest BCUT2D eigenvalue weighted by molar-refractivity contribution is -0.894. The fourth-order valence-corrected chi connectivity index (χ4v) is 4.75. The number of ether oxygens (including phenoxy) is 2. The van der Waals surface area contributed by atoms with E-state index >= 15 is 0 Å². The highest BCUT2D eigenvalue weighted by Crippen LogP contribution is 2.29. The van der Waals surface area contributed by atoms with Crippen molar-refractivity contribution in [1.82, 2.24) is 0 Å². The number of aliphatic hydroxyl groups excluding tert-OH is 1. The molecule has 7 heteroatoms. The molecule has 3 rings (SSSR count). The number of carbonyl (C=O) groups is 1. The van der Waals surface area contributed by atoms with Crippen LogP contribution in [0.3, 0.4) is 0 Å². The summed E-state index contributed by atoms with van der Waals surface area (Å²) in [5.74, 6) is -0.134. The summed E-state index contributed by atoms with van der Waals surface area (Å²) >= 11 is 0. The number of carbonyl (C=O) groups excluding carboxylic acids is 1. The van der Waals surface area contributed by atoms with E-state index in [-0.39, 0.29) is 42.9 Å². The molecule has 6 nitrogen and oxygen atoms in total. The molecule has 0 aliphatic heterocycles. The van der Waals surface area contributed by atoms with Crippen molar-refractivity contribution in [2.45, 2.75) is 45.1 Å². The standard InChI is InChI=1S/C28H36FN2O4/c1-4-34-28(33)10-9-23-16-27(24(17-30)15-26(23)29)35-19-25(32)18-31(2,3)12-11-20-13-21-7-5-6-8-22(21)14-20/h5-8,15-16,20,25,32H,4,9-14,18-19H2,1-3H3/q+1/t25-/m1/s1. The normalized spacial score (nSPS) is 14.3. The Kier molecular flexibility index (Phi) is 9.25. The lowest BCUT2D eigenvalue weighted by Gasteiger charge is -2.32. The molecule has 1 atom stereocenters. The second-order valence-electron chi connectivity index (χ2n) is 10.00. The molecule has 0 aromatic heterocycles. The second-order valence-corrected chi connectivity index (χ2v) is 10.00. The molecule has 0 saturated carbocycles. The molecule has 0 fully saturated rings. The van der Waals surface area contributed by atoms with Crippen LogP contribution in [0.4, 0.5) is 4.39 Å². The van der Waals surface area contributed by atoms with E-state index in [0.717, 1.165) is 31.9 Å². The van der Waals surface area contributed by atoms with Crippen molar-refractivity contribution in [2.24, 2.45) is 5.92 Å². The number of nitrogens with zero attached hydrogens (tertiary/aromatic N) is 2. The lowest BCUT2D eigenvalue weighted by Crippen LogP contribution is -2.48. The van der Waals surface area contributed by atoms with Crippen LogP contribution in [0.25, 0.3) is 0 Å². The first-order valence-corrected chi connectivity index (χ1v) is 12.3. The van der Waals surface area contributed by atoms with Gasteiger partial charge in [0.25, 0.3) is 0 Å². The van der Waals surface area contributed by atoms with Crippen LogP contribution < -0.4 is 4.74 Å². The minimum Gasteiger partial charge on any atom is -0.489 e. The fraction of sp³-hybridized carbons (Fsp3) is 0.500. The van der Waals surface area contributed by atoms with Crippen LogP contribution in [0.5, 0.6) is 5.75 Å². The maximum atomic E-state index is 14.4. The Bertz CT molecular complexity index is 1040. The monoisotopic (exact) mass is 483 g/mol. The van der Waals surface area contributed by atoms with Gasteiger partial charge in [-0.05, 0) is 60.9 Å². The highest BCUT2D eigenvalue weighted by atomic mass is 19.1. The number of likely N-dealkylation sites (N-methyl/N-ethyl adjacent to an activating group) is 1. The van der Waals surface area contributed by atoms with Crippen molar-refractivity contribution < 1.29 is 28.2 Å². The van der Waals surface area contributed by atoms with E-state index in [1.54, 1.807) is 6.92 Å². The van der Waals surface area contributed by atoms with E-state index in [2.05, 4.69) is 38.4 Å². The van der Waals surface area contributed by atoms with Gasteiger partial charge in [-0.25, -0.2) is 4.39 Å². The summed E-state index contributed by atoms with van der Waals surface area (Å²) in [7, 11) is 4.19. The fourth-order valence-electron chi connectivity index (χ4n) is 4.75. The summed E-state index contributed by atoms with van der Waals surface area (Å²) in [5, 5.41) is 20.0. The minimum atomic E-state index is -0.745. The zero-order chi connectivity index (χ0) is 25.4. The molecule has 2 aromatic carbocycles. The Balaban J connectivity index is 1.51. The maximum absolute atomic E-state index is 14.4. The number of aryl methyl sites for hydroxylation is 1. The van der Waals surface area contributed by atoms with Crippen molar-refractivity contribution in [3.05, 3.63) is 64.5 Å². The Morgan fingerprint density at radius 3 is 2.57 bits per heavy atom. The summed E-state index contributed by atoms with van der Waals surface area (Å²) in [5.41, 5.74) is 3.23. The zero-order valence-corrected chi connectivity index (χ0v) is 20.9. The van der Waals surface area contributed by atoms with Gasteiger partial charge in [0.05, 0.1) is 32.8 Å². The van der Waals surface area contributed by atoms with Crippen molar-refractivity contribution in [1.29, 1.82) is 5.26 Å². The first-order valence-electron chi connectivity index (χ1n) is 12.3. The molecule has 0 unspecified atom stereocenters. The summed E-state index contributed by atoms with van der Waals surface area (Å²) < 4.78 is 25.6. The largest absolute Gasteiger partial charge is 0.489 e. The van der Waals surface area contributed by atoms with E-state index in [1.807, 2.05) is 6.07 Å². The zero-order valence-electron chi connectivity index (χ0n) is 20.9. The predicted molar refractivity (Wildman–Crippen MR) is 131 cm³/mol. The van der Waals surface area contributed by atoms with Gasteiger partial charge in [-0.1, -0.05) is 24.3 Å². The van der Waals surface area contributed by atoms with Crippen LogP contribution in [0.1, 0.15) is 42.0 Å². The van der Waals surface area contributed by atoms with Crippen LogP contribution in [0.2, 0.25) is 0 Å². The first-order chi connectivity index (χ1) is 16.7. The number of hydrogen-bond donors (Lipinski definition) is 1. The number of rotatable bonds is 12. The Morgan fingerprint density at radius 2 is 1.94 bits per heavy atom. The smallest absolute Gasteiger partial charge is 0.306 e. The quantitative estimate of drug-likeness (QED) is 0.367. The van der Waals surface area contributed by atoms with Gasteiger partial charge < -0.3 is 19.1 Å². The summed E-state index contributed by atoms with van der Waals surface area (Å²) in [6, 6.07) is 13.1. The Labute approximate surface area is 207 Å². The topological polar surface area (TPSA) is 79.6 Å². The number of hydrogen-bond acceptors (Lipinski definition) is 5. The van der Waals surface area contributed by atoms with Crippen LogP contribution in [0.15, 0.2) is 36.4 Å². The lowest BCUT2D eigenvalue weighted by atomic mass is 10.0. The molecular weight excluding hydrogens is 447 g/mol. The maximum Gasteiger partial charge on any atom is 0.306 e. The van der Waals surface area contributed by atoms with Crippen molar-refractivity contribution >= 4 is 5.97 Å². The third-order valence-electron chi connectivity index (χ3n) is 6.59. The molecule has 35 heavy (non-hydrogen) atoms. The van der Waals surface area contributed by atoms with E-state index in [4.69, 9.17) is 9.47 Å². The van der Waals surface area contributed by atoms with Crippen molar-refractivity contribution in [3.8, 4) is 11.8 Å². The second kappa shape index (κ2) is 12.1. The van der Waals surface area contributed by atoms with Gasteiger partial charge in [-0.15, -0.1) is 0 Å². The van der Waals surface area contributed by atoms with E-state index in [0.29, 0.717) is 16.9 Å². The summed E-state index contributed by atoms with van der Waals surface area (Å²) in [6.07, 6.45) is 2.74. The molecule has 0 radical (unpaired) electrons. The molecule has 0 amide bonds. The van der Waals surface area contributed by atoms with Crippen molar-refractivity contribution in [3.63, 3.8) is 0 Å². The van der Waals surface area contributed by atoms with Gasteiger partial charge in [-0.2, -0.15) is 5.26 Å². The first kappa shape index (κ1) is 26.7. The van der Waals surface area contributed by atoms with Gasteiger partial charge in [-0.3, -0.25) is 4.79 Å². The van der Waals surface area contributed by atoms with Crippen LogP contribution >= 0.6 is 0 Å². The molecule has 0 spiro atoms. The molecule has 2 aromatic rings. The van der Waals surface area contributed by atoms with Crippen LogP contribution in [0, 0.1) is 23.1 Å². The number of esters is 1. The number of nitriles is 1. The third kappa shape index (κ3) is 7.78. The highest BCUT2D eigenvalue weighted by molar-refractivity contribution is 5.69. The molecule has 1 aliphatic rings. The van der Waals surface area contributed by atoms with E-state index < -0.39 is 17.9 Å². The summed E-state index contributed by atoms with van der Waals surface area (Å²) in [6.45, 7) is 3.41. The SMILES string of the molecule is CCOC(=O)CCc1cc(OC[C@H](O)C[N+](C)(C)CCC2Cc3ccccc3C2)c(C#N)cc1F. The number of quaternary nitrogens is 1. The average Bonchev–Trinajstić information content (AvgIpc) is 3.24. The number of aliphatic hydroxyl groups is 1. The number of fused-ring (bicyclic) bond motifs is 1. The van der Waals surface area contributed by atoms with Crippen molar-refractivity contribution in [2.75, 3.05) is 40.4 Å². The van der Waals surface area contributed by atoms with Crippen LogP contribution in [-0.4, -0.2) is 62.1 Å². The number of halogens is 1. The number of benzene rings is 2. The third-order valence-corrected chi connectivity index (χ3v) is 6.59. The molecule has 1 N–H and O–H groups in total. The molecule has 188 valence electrons. The van der Waals surface area contributed by atoms with Gasteiger partial charge in [0.15, 0.2) is 0 Å². The Hall–Kier alpha value is -2.95. The van der Waals surface area contributed by atoms with Gasteiger partial charge in [0.1, 0.15) is 36.9 Å². The Morgan fingerprint density at radius 1 is 1.26 bits per heavy atom. The molecule has 0 saturated heterocycles. The minimum absolute atomic E-state index is 0.00578. The van der Waals surface area contributed by atoms with Gasteiger partial charge in [0.2, 0.25) is 0 Å². The van der Waals surface area contributed by atoms with E-state index in [1.165, 1.54) is 17.2 Å².